The maximum Gasteiger partial charge on any atom is 0.278 e. The van der Waals surface area contributed by atoms with Gasteiger partial charge in [-0.3, -0.25) is 19.4 Å². The van der Waals surface area contributed by atoms with Crippen molar-refractivity contribution in [2.24, 2.45) is 0 Å². The van der Waals surface area contributed by atoms with E-state index >= 15 is 0 Å². The highest BCUT2D eigenvalue weighted by molar-refractivity contribution is 5.93. The summed E-state index contributed by atoms with van der Waals surface area (Å²) in [7, 11) is 0. The number of rotatable bonds is 4. The predicted molar refractivity (Wildman–Crippen MR) is 103 cm³/mol. The van der Waals surface area contributed by atoms with Crippen LogP contribution in [0.2, 0.25) is 0 Å². The summed E-state index contributed by atoms with van der Waals surface area (Å²) in [6.07, 6.45) is 4.62. The van der Waals surface area contributed by atoms with Crippen molar-refractivity contribution in [2.75, 3.05) is 0 Å². The lowest BCUT2D eigenvalue weighted by Gasteiger charge is -2.01. The Morgan fingerprint density at radius 1 is 1.11 bits per heavy atom. The van der Waals surface area contributed by atoms with Gasteiger partial charge in [-0.1, -0.05) is 12.1 Å². The molecule has 0 radical (unpaired) electrons. The van der Waals surface area contributed by atoms with Crippen molar-refractivity contribution in [1.82, 2.24) is 30.7 Å². The van der Waals surface area contributed by atoms with Gasteiger partial charge in [-0.15, -0.1) is 0 Å². The van der Waals surface area contributed by atoms with Crippen molar-refractivity contribution in [1.29, 1.82) is 0 Å². The van der Waals surface area contributed by atoms with Gasteiger partial charge in [0.15, 0.2) is 11.0 Å². The predicted octanol–water partition coefficient (Wildman–Crippen LogP) is 0.884. The Labute approximate surface area is 157 Å². The highest BCUT2D eigenvalue weighted by Crippen LogP contribution is 2.12. The lowest BCUT2D eigenvalue weighted by molar-refractivity contribution is -0.116. The second kappa shape index (κ2) is 7.23. The van der Waals surface area contributed by atoms with Crippen LogP contribution in [0.15, 0.2) is 58.3 Å². The number of nitrogens with zero attached hydrogens (tertiary/aromatic N) is 3. The Kier molecular flexibility index (Phi) is 4.47. The van der Waals surface area contributed by atoms with Crippen LogP contribution >= 0.6 is 0 Å². The average molecular weight is 374 g/mol. The van der Waals surface area contributed by atoms with Gasteiger partial charge in [-0.25, -0.2) is 0 Å². The fraction of sp³-hybridized carbons (Fsp3) is 0.0526. The number of aromatic amines is 2. The molecule has 3 heterocycles. The largest absolute Gasteiger partial charge is 0.347 e. The first-order valence-electron chi connectivity index (χ1n) is 8.38. The Balaban J connectivity index is 1.60. The molecule has 3 aromatic heterocycles. The zero-order valence-electron chi connectivity index (χ0n) is 14.5. The van der Waals surface area contributed by atoms with Crippen molar-refractivity contribution in [3.05, 3.63) is 80.5 Å². The van der Waals surface area contributed by atoms with E-state index in [1.165, 1.54) is 6.08 Å². The summed E-state index contributed by atoms with van der Waals surface area (Å²) in [5.41, 5.74) is 0.743. The summed E-state index contributed by atoms with van der Waals surface area (Å²) in [6, 6.07) is 10.3. The van der Waals surface area contributed by atoms with Gasteiger partial charge in [0, 0.05) is 17.7 Å². The molecular formula is C19H14N6O3. The monoisotopic (exact) mass is 374 g/mol. The zero-order valence-corrected chi connectivity index (χ0v) is 14.5. The topological polar surface area (TPSA) is 133 Å². The molecule has 9 heteroatoms. The second-order valence-electron chi connectivity index (χ2n) is 5.98. The standard InChI is InChI=1S/C19H14N6O3/c26-15(21-10-12-3-1-2-8-20-12)7-5-11-4-6-13-14(9-11)22-19(28)17-16(18(13)27)23-25-24-17/h1-9H,10H2,(H,21,26)(H,22,28)(H,23,24,25)/b7-5+. The number of amides is 1. The van der Waals surface area contributed by atoms with Crippen LogP contribution in [0.4, 0.5) is 0 Å². The van der Waals surface area contributed by atoms with Crippen molar-refractivity contribution >= 4 is 33.9 Å². The summed E-state index contributed by atoms with van der Waals surface area (Å²) in [5, 5.41) is 12.8. The third-order valence-electron chi connectivity index (χ3n) is 4.11. The molecule has 0 aliphatic heterocycles. The van der Waals surface area contributed by atoms with Crippen LogP contribution in [0.1, 0.15) is 11.3 Å². The molecule has 1 aromatic carbocycles. The van der Waals surface area contributed by atoms with Crippen LogP contribution in [0.3, 0.4) is 0 Å². The normalized spacial score (nSPS) is 11.3. The molecule has 0 unspecified atom stereocenters. The molecule has 0 saturated carbocycles. The van der Waals surface area contributed by atoms with Crippen molar-refractivity contribution in [2.45, 2.75) is 6.54 Å². The van der Waals surface area contributed by atoms with E-state index in [1.54, 1.807) is 36.5 Å². The zero-order chi connectivity index (χ0) is 19.5. The van der Waals surface area contributed by atoms with E-state index in [-0.39, 0.29) is 16.9 Å². The van der Waals surface area contributed by atoms with Gasteiger partial charge in [-0.2, -0.15) is 15.4 Å². The van der Waals surface area contributed by atoms with E-state index in [0.717, 1.165) is 5.69 Å². The lowest BCUT2D eigenvalue weighted by atomic mass is 10.1. The number of carbonyl (C=O) groups is 1. The van der Waals surface area contributed by atoms with E-state index in [9.17, 15) is 14.4 Å². The SMILES string of the molecule is O=C(/C=C/c1ccc2c(=O)c3n[nH]nc3c(=O)[nH]c2c1)NCc1ccccn1. The first-order valence-corrected chi connectivity index (χ1v) is 8.38. The molecule has 4 rings (SSSR count). The van der Waals surface area contributed by atoms with Crippen molar-refractivity contribution < 1.29 is 4.79 Å². The number of pyridine rings is 1. The maximum atomic E-state index is 12.5. The lowest BCUT2D eigenvalue weighted by Crippen LogP contribution is -2.20. The number of hydrogen-bond donors (Lipinski definition) is 3. The quantitative estimate of drug-likeness (QED) is 0.454. The summed E-state index contributed by atoms with van der Waals surface area (Å²) in [6.45, 7) is 0.316. The summed E-state index contributed by atoms with van der Waals surface area (Å²) in [4.78, 5) is 43.5. The van der Waals surface area contributed by atoms with Gasteiger partial charge in [0.1, 0.15) is 0 Å². The molecule has 0 atom stereocenters. The van der Waals surface area contributed by atoms with E-state index in [4.69, 9.17) is 0 Å². The van der Waals surface area contributed by atoms with Crippen molar-refractivity contribution in [3.63, 3.8) is 0 Å². The fourth-order valence-corrected chi connectivity index (χ4v) is 2.73. The van der Waals surface area contributed by atoms with Gasteiger partial charge in [0.05, 0.1) is 17.8 Å². The molecule has 0 bridgehead atoms. The molecule has 0 fully saturated rings. The molecule has 0 spiro atoms. The minimum Gasteiger partial charge on any atom is -0.347 e. The molecule has 3 N–H and O–H groups in total. The van der Waals surface area contributed by atoms with Gasteiger partial charge >= 0.3 is 0 Å². The molecule has 4 aromatic rings. The van der Waals surface area contributed by atoms with Gasteiger partial charge < -0.3 is 10.3 Å². The van der Waals surface area contributed by atoms with E-state index in [2.05, 4.69) is 30.7 Å². The van der Waals surface area contributed by atoms with Crippen LogP contribution < -0.4 is 16.3 Å². The van der Waals surface area contributed by atoms with Crippen LogP contribution in [0.25, 0.3) is 28.0 Å². The second-order valence-corrected chi connectivity index (χ2v) is 5.98. The first-order chi connectivity index (χ1) is 13.6. The molecule has 138 valence electrons. The molecule has 9 nitrogen and oxygen atoms in total. The van der Waals surface area contributed by atoms with Crippen LogP contribution in [0.5, 0.6) is 0 Å². The van der Waals surface area contributed by atoms with Gasteiger partial charge in [-0.05, 0) is 35.9 Å². The highest BCUT2D eigenvalue weighted by Gasteiger charge is 2.09. The summed E-state index contributed by atoms with van der Waals surface area (Å²) in [5.74, 6) is -0.287. The number of hydrogen-bond acceptors (Lipinski definition) is 6. The number of fused-ring (bicyclic) bond motifs is 2. The maximum absolute atomic E-state index is 12.5. The number of H-pyrrole nitrogens is 2. The van der Waals surface area contributed by atoms with E-state index in [0.29, 0.717) is 23.0 Å². The third kappa shape index (κ3) is 3.40. The Morgan fingerprint density at radius 3 is 2.79 bits per heavy atom. The molecule has 0 aliphatic carbocycles. The van der Waals surface area contributed by atoms with Crippen LogP contribution in [0, 0.1) is 0 Å². The number of aromatic nitrogens is 5. The fourth-order valence-electron chi connectivity index (χ4n) is 2.73. The minimum atomic E-state index is -0.523. The Bertz CT molecular complexity index is 1320. The van der Waals surface area contributed by atoms with E-state index in [1.807, 2.05) is 12.1 Å². The Hall–Kier alpha value is -4.14. The third-order valence-corrected chi connectivity index (χ3v) is 4.11. The van der Waals surface area contributed by atoms with E-state index < -0.39 is 11.0 Å². The molecule has 0 saturated heterocycles. The summed E-state index contributed by atoms with van der Waals surface area (Å²) >= 11 is 0. The molecule has 0 aliphatic rings. The van der Waals surface area contributed by atoms with Gasteiger partial charge in [0.2, 0.25) is 11.3 Å². The minimum absolute atomic E-state index is 0.0200. The van der Waals surface area contributed by atoms with Crippen LogP contribution in [-0.2, 0) is 11.3 Å². The number of nitrogens with one attached hydrogen (secondary N) is 3. The Morgan fingerprint density at radius 2 is 1.96 bits per heavy atom. The molecular weight excluding hydrogens is 360 g/mol. The molecule has 1 amide bonds. The highest BCUT2D eigenvalue weighted by atomic mass is 16.1. The molecule has 28 heavy (non-hydrogen) atoms. The smallest absolute Gasteiger partial charge is 0.278 e. The summed E-state index contributed by atoms with van der Waals surface area (Å²) < 4.78 is 0. The average Bonchev–Trinajstić information content (AvgIpc) is 3.18. The van der Waals surface area contributed by atoms with Crippen molar-refractivity contribution in [3.8, 4) is 0 Å². The number of carbonyl (C=O) groups excluding carboxylic acids is 1. The van der Waals surface area contributed by atoms with Gasteiger partial charge in [0.25, 0.3) is 5.56 Å². The van der Waals surface area contributed by atoms with Crippen LogP contribution in [-0.4, -0.2) is 31.3 Å². The number of benzene rings is 1. The first kappa shape index (κ1) is 17.3.